The highest BCUT2D eigenvalue weighted by molar-refractivity contribution is 14.0. The molecule has 2 fully saturated rings. The van der Waals surface area contributed by atoms with E-state index in [2.05, 4.69) is 15.2 Å². The average Bonchev–Trinajstić information content (AvgIpc) is 3.35. The molecule has 0 atom stereocenters. The molecule has 6 nitrogen and oxygen atoms in total. The molecule has 1 saturated carbocycles. The molecule has 0 bridgehead atoms. The van der Waals surface area contributed by atoms with Gasteiger partial charge in [0, 0.05) is 39.8 Å². The second kappa shape index (κ2) is 10.8. The van der Waals surface area contributed by atoms with Crippen LogP contribution in [0.15, 0.2) is 27.8 Å². The molecule has 2 heterocycles. The van der Waals surface area contributed by atoms with Gasteiger partial charge in [0.2, 0.25) is 0 Å². The maximum Gasteiger partial charge on any atom is 0.289 e. The number of halogens is 1. The number of carbonyl (C=O) groups excluding carboxylic acids is 1. The van der Waals surface area contributed by atoms with Crippen LogP contribution in [-0.2, 0) is 0 Å². The van der Waals surface area contributed by atoms with Gasteiger partial charge in [-0.3, -0.25) is 9.79 Å². The van der Waals surface area contributed by atoms with Crippen molar-refractivity contribution in [1.29, 1.82) is 0 Å². The third kappa shape index (κ3) is 5.62. The lowest BCUT2D eigenvalue weighted by Crippen LogP contribution is -2.53. The molecule has 0 radical (unpaired) electrons. The Hall–Kier alpha value is -1.25. The summed E-state index contributed by atoms with van der Waals surface area (Å²) in [5.41, 5.74) is 0. The lowest BCUT2D eigenvalue weighted by atomic mass is 10.0. The van der Waals surface area contributed by atoms with E-state index in [1.807, 2.05) is 11.9 Å². The van der Waals surface area contributed by atoms with Crippen LogP contribution in [0.25, 0.3) is 0 Å². The summed E-state index contributed by atoms with van der Waals surface area (Å²) >= 11 is 0. The largest absolute Gasteiger partial charge is 0.459 e. The van der Waals surface area contributed by atoms with E-state index in [0.29, 0.717) is 18.8 Å². The molecule has 0 aromatic carbocycles. The molecule has 1 N–H and O–H groups in total. The van der Waals surface area contributed by atoms with Gasteiger partial charge in [-0.25, -0.2) is 0 Å². The number of amides is 1. The minimum atomic E-state index is -0.0239. The van der Waals surface area contributed by atoms with Crippen LogP contribution in [0.3, 0.4) is 0 Å². The summed E-state index contributed by atoms with van der Waals surface area (Å²) in [5.74, 6) is 2.29. The third-order valence-electron chi connectivity index (χ3n) is 5.36. The van der Waals surface area contributed by atoms with Crippen LogP contribution >= 0.6 is 24.0 Å². The Bertz CT molecular complexity index is 562. The van der Waals surface area contributed by atoms with E-state index in [1.54, 1.807) is 18.4 Å². The predicted octanol–water partition coefficient (Wildman–Crippen LogP) is 3.20. The van der Waals surface area contributed by atoms with Gasteiger partial charge in [0.1, 0.15) is 0 Å². The molecule has 2 aliphatic rings. The highest BCUT2D eigenvalue weighted by Gasteiger charge is 2.25. The number of hydrogen-bond acceptors (Lipinski definition) is 3. The maximum absolute atomic E-state index is 12.3. The van der Waals surface area contributed by atoms with Crippen LogP contribution in [0, 0.1) is 5.92 Å². The Morgan fingerprint density at radius 1 is 1.23 bits per heavy atom. The van der Waals surface area contributed by atoms with Crippen molar-refractivity contribution in [2.24, 2.45) is 10.9 Å². The van der Waals surface area contributed by atoms with Gasteiger partial charge in [0.05, 0.1) is 6.26 Å². The van der Waals surface area contributed by atoms with Crippen molar-refractivity contribution in [2.45, 2.75) is 38.5 Å². The molecule has 146 valence electrons. The smallest absolute Gasteiger partial charge is 0.289 e. The van der Waals surface area contributed by atoms with Gasteiger partial charge in [0.15, 0.2) is 11.7 Å². The van der Waals surface area contributed by atoms with Gasteiger partial charge in [-0.15, -0.1) is 24.0 Å². The standard InChI is InChI=1S/C19H30N4O2.HI/c1-20-19(21-10-4-8-16-6-2-3-7-16)23-13-11-22(12-14-23)18(24)17-9-5-15-25-17;/h5,9,15-16H,2-4,6-8,10-14H2,1H3,(H,20,21);1H. The number of aliphatic imine (C=N–C) groups is 1. The van der Waals surface area contributed by atoms with E-state index in [4.69, 9.17) is 4.42 Å². The Balaban J connectivity index is 0.00000243. The zero-order valence-electron chi connectivity index (χ0n) is 15.7. The molecule has 0 unspecified atom stereocenters. The molecule has 1 saturated heterocycles. The topological polar surface area (TPSA) is 61.1 Å². The number of carbonyl (C=O) groups is 1. The van der Waals surface area contributed by atoms with Crippen LogP contribution in [0.2, 0.25) is 0 Å². The van der Waals surface area contributed by atoms with Gasteiger partial charge in [-0.1, -0.05) is 25.7 Å². The van der Waals surface area contributed by atoms with Crippen molar-refractivity contribution < 1.29 is 9.21 Å². The Kier molecular flexibility index (Phi) is 8.74. The molecule has 3 rings (SSSR count). The van der Waals surface area contributed by atoms with Crippen molar-refractivity contribution in [1.82, 2.24) is 15.1 Å². The lowest BCUT2D eigenvalue weighted by Gasteiger charge is -2.36. The third-order valence-corrected chi connectivity index (χ3v) is 5.36. The number of nitrogens with zero attached hydrogens (tertiary/aromatic N) is 3. The van der Waals surface area contributed by atoms with Crippen LogP contribution in [0.4, 0.5) is 0 Å². The van der Waals surface area contributed by atoms with Crippen molar-refractivity contribution in [3.63, 3.8) is 0 Å². The highest BCUT2D eigenvalue weighted by atomic mass is 127. The molecule has 1 aromatic heterocycles. The van der Waals surface area contributed by atoms with Gasteiger partial charge >= 0.3 is 0 Å². The highest BCUT2D eigenvalue weighted by Crippen LogP contribution is 2.28. The van der Waals surface area contributed by atoms with Gasteiger partial charge in [0.25, 0.3) is 5.91 Å². The van der Waals surface area contributed by atoms with Crippen molar-refractivity contribution in [3.05, 3.63) is 24.2 Å². The Morgan fingerprint density at radius 3 is 2.54 bits per heavy atom. The number of guanidine groups is 1. The predicted molar refractivity (Wildman–Crippen MR) is 114 cm³/mol. The zero-order valence-corrected chi connectivity index (χ0v) is 18.0. The first-order valence-corrected chi connectivity index (χ1v) is 9.56. The van der Waals surface area contributed by atoms with Crippen molar-refractivity contribution in [3.8, 4) is 0 Å². The van der Waals surface area contributed by atoms with Crippen LogP contribution < -0.4 is 5.32 Å². The summed E-state index contributed by atoms with van der Waals surface area (Å²) < 4.78 is 5.21. The van der Waals surface area contributed by atoms with Crippen LogP contribution in [0.1, 0.15) is 49.1 Å². The van der Waals surface area contributed by atoms with Crippen molar-refractivity contribution in [2.75, 3.05) is 39.8 Å². The number of nitrogens with one attached hydrogen (secondary N) is 1. The first-order valence-electron chi connectivity index (χ1n) is 9.56. The molecule has 1 aromatic rings. The fraction of sp³-hybridized carbons (Fsp3) is 0.684. The summed E-state index contributed by atoms with van der Waals surface area (Å²) in [6.45, 7) is 3.98. The van der Waals surface area contributed by atoms with Gasteiger partial charge < -0.3 is 19.5 Å². The van der Waals surface area contributed by atoms with Crippen LogP contribution in [0.5, 0.6) is 0 Å². The number of rotatable bonds is 5. The SMILES string of the molecule is CN=C(NCCCC1CCCC1)N1CCN(C(=O)c2ccco2)CC1.I. The quantitative estimate of drug-likeness (QED) is 0.308. The number of piperazine rings is 1. The summed E-state index contributed by atoms with van der Waals surface area (Å²) in [6.07, 6.45) is 9.75. The van der Waals surface area contributed by atoms with E-state index >= 15 is 0 Å². The second-order valence-electron chi connectivity index (χ2n) is 7.02. The molecular formula is C19H31IN4O2. The van der Waals surface area contributed by atoms with Gasteiger partial charge in [-0.2, -0.15) is 0 Å². The maximum atomic E-state index is 12.3. The zero-order chi connectivity index (χ0) is 17.5. The van der Waals surface area contributed by atoms with E-state index < -0.39 is 0 Å². The molecule has 26 heavy (non-hydrogen) atoms. The minimum absolute atomic E-state index is 0. The minimum Gasteiger partial charge on any atom is -0.459 e. The Morgan fingerprint density at radius 2 is 1.92 bits per heavy atom. The summed E-state index contributed by atoms with van der Waals surface area (Å²) in [6, 6.07) is 3.47. The number of hydrogen-bond donors (Lipinski definition) is 1. The molecular weight excluding hydrogens is 443 g/mol. The van der Waals surface area contributed by atoms with E-state index in [1.165, 1.54) is 38.5 Å². The second-order valence-corrected chi connectivity index (χ2v) is 7.02. The molecule has 1 amide bonds. The summed E-state index contributed by atoms with van der Waals surface area (Å²) in [7, 11) is 1.83. The number of furan rings is 1. The van der Waals surface area contributed by atoms with Crippen LogP contribution in [-0.4, -0.2) is 61.4 Å². The first-order chi connectivity index (χ1) is 12.3. The van der Waals surface area contributed by atoms with Crippen molar-refractivity contribution >= 4 is 35.8 Å². The summed E-state index contributed by atoms with van der Waals surface area (Å²) in [5, 5.41) is 3.49. The van der Waals surface area contributed by atoms with E-state index in [-0.39, 0.29) is 29.9 Å². The van der Waals surface area contributed by atoms with E-state index in [9.17, 15) is 4.79 Å². The van der Waals surface area contributed by atoms with E-state index in [0.717, 1.165) is 31.5 Å². The fourth-order valence-corrected chi connectivity index (χ4v) is 3.90. The lowest BCUT2D eigenvalue weighted by molar-refractivity contribution is 0.0657. The summed E-state index contributed by atoms with van der Waals surface area (Å²) in [4.78, 5) is 20.8. The molecule has 1 aliphatic carbocycles. The average molecular weight is 474 g/mol. The van der Waals surface area contributed by atoms with Gasteiger partial charge in [-0.05, 0) is 30.9 Å². The first kappa shape index (κ1) is 21.1. The normalized spacial score (nSPS) is 18.7. The Labute approximate surface area is 173 Å². The molecule has 0 spiro atoms. The molecule has 7 heteroatoms. The monoisotopic (exact) mass is 474 g/mol. The fourth-order valence-electron chi connectivity index (χ4n) is 3.90. The molecule has 1 aliphatic heterocycles.